The summed E-state index contributed by atoms with van der Waals surface area (Å²) in [5.74, 6) is -1.08. The minimum Gasteiger partial charge on any atom is -0.468 e. The molecule has 1 aromatic heterocycles. The summed E-state index contributed by atoms with van der Waals surface area (Å²) >= 11 is 0. The second-order valence-electron chi connectivity index (χ2n) is 5.71. The van der Waals surface area contributed by atoms with E-state index >= 15 is 0 Å². The lowest BCUT2D eigenvalue weighted by Gasteiger charge is -2.16. The molecule has 0 N–H and O–H groups in total. The maximum Gasteiger partial charge on any atom is 0.322 e. The summed E-state index contributed by atoms with van der Waals surface area (Å²) in [4.78, 5) is 16.7. The van der Waals surface area contributed by atoms with E-state index in [9.17, 15) is 13.2 Å². The van der Waals surface area contributed by atoms with E-state index in [4.69, 9.17) is 9.15 Å². The standard InChI is InChI=1S/C19H17NO5S/c1-24-19(21)17(18-20-11-12-25-18)16-6-4-3-5-15(16)13-7-9-14(10-8-13)26(2,22)23/h3-12,17H,1-2H3. The van der Waals surface area contributed by atoms with E-state index in [2.05, 4.69) is 4.98 Å². The van der Waals surface area contributed by atoms with Gasteiger partial charge >= 0.3 is 5.97 Å². The van der Waals surface area contributed by atoms with Crippen molar-refractivity contribution in [2.75, 3.05) is 13.4 Å². The van der Waals surface area contributed by atoms with Crippen LogP contribution in [0.25, 0.3) is 11.1 Å². The summed E-state index contributed by atoms with van der Waals surface area (Å²) in [5.41, 5.74) is 2.20. The van der Waals surface area contributed by atoms with Gasteiger partial charge in [0.05, 0.1) is 18.2 Å². The summed E-state index contributed by atoms with van der Waals surface area (Å²) in [6.07, 6.45) is 4.02. The molecule has 1 heterocycles. The SMILES string of the molecule is COC(=O)C(c1ncco1)c1ccccc1-c1ccc(S(C)(=O)=O)cc1. The Labute approximate surface area is 151 Å². The molecule has 0 bridgehead atoms. The topological polar surface area (TPSA) is 86.5 Å². The van der Waals surface area contributed by atoms with Gasteiger partial charge in [-0.1, -0.05) is 36.4 Å². The van der Waals surface area contributed by atoms with Crippen LogP contribution in [-0.2, 0) is 19.4 Å². The van der Waals surface area contributed by atoms with E-state index in [1.165, 1.54) is 19.6 Å². The lowest BCUT2D eigenvalue weighted by molar-refractivity contribution is -0.141. The lowest BCUT2D eigenvalue weighted by Crippen LogP contribution is -2.17. The summed E-state index contributed by atoms with van der Waals surface area (Å²) in [6, 6.07) is 13.8. The third kappa shape index (κ3) is 3.52. The number of sulfone groups is 1. The summed E-state index contributed by atoms with van der Waals surface area (Å²) in [5, 5.41) is 0. The molecule has 3 aromatic rings. The Kier molecular flexibility index (Phi) is 4.90. The van der Waals surface area contributed by atoms with Gasteiger partial charge in [0.25, 0.3) is 0 Å². The zero-order valence-corrected chi connectivity index (χ0v) is 15.1. The van der Waals surface area contributed by atoms with E-state index in [-0.39, 0.29) is 10.8 Å². The fraction of sp³-hybridized carbons (Fsp3) is 0.158. The van der Waals surface area contributed by atoms with Crippen LogP contribution >= 0.6 is 0 Å². The molecule has 0 saturated carbocycles. The number of hydrogen-bond acceptors (Lipinski definition) is 6. The maximum atomic E-state index is 12.4. The molecule has 2 aromatic carbocycles. The molecule has 1 unspecified atom stereocenters. The van der Waals surface area contributed by atoms with Crippen molar-refractivity contribution in [2.45, 2.75) is 10.8 Å². The number of methoxy groups -OCH3 is 1. The Morgan fingerprint density at radius 2 is 1.81 bits per heavy atom. The van der Waals surface area contributed by atoms with Crippen LogP contribution in [0.2, 0.25) is 0 Å². The summed E-state index contributed by atoms with van der Waals surface area (Å²) in [7, 11) is -1.97. The first kappa shape index (κ1) is 17.9. The molecule has 0 spiro atoms. The largest absolute Gasteiger partial charge is 0.468 e. The van der Waals surface area contributed by atoms with Gasteiger partial charge < -0.3 is 9.15 Å². The molecule has 0 amide bonds. The molecule has 7 heteroatoms. The summed E-state index contributed by atoms with van der Waals surface area (Å²) in [6.45, 7) is 0. The first-order valence-electron chi connectivity index (χ1n) is 7.78. The van der Waals surface area contributed by atoms with Gasteiger partial charge in [0.15, 0.2) is 15.8 Å². The molecular formula is C19H17NO5S. The molecule has 0 fully saturated rings. The molecule has 26 heavy (non-hydrogen) atoms. The first-order valence-corrected chi connectivity index (χ1v) is 9.67. The number of carbonyl (C=O) groups excluding carboxylic acids is 1. The van der Waals surface area contributed by atoms with E-state index < -0.39 is 21.7 Å². The molecule has 0 radical (unpaired) electrons. The van der Waals surface area contributed by atoms with E-state index in [0.717, 1.165) is 17.4 Å². The van der Waals surface area contributed by atoms with Crippen molar-refractivity contribution in [3.8, 4) is 11.1 Å². The number of oxazole rings is 1. The Morgan fingerprint density at radius 1 is 1.12 bits per heavy atom. The van der Waals surface area contributed by atoms with Gasteiger partial charge in [-0.25, -0.2) is 13.4 Å². The van der Waals surface area contributed by atoms with E-state index in [1.54, 1.807) is 30.3 Å². The number of aromatic nitrogens is 1. The van der Waals surface area contributed by atoms with Crippen molar-refractivity contribution in [3.63, 3.8) is 0 Å². The zero-order chi connectivity index (χ0) is 18.7. The van der Waals surface area contributed by atoms with Gasteiger partial charge in [0.1, 0.15) is 6.26 Å². The lowest BCUT2D eigenvalue weighted by atomic mass is 9.90. The van der Waals surface area contributed by atoms with Crippen molar-refractivity contribution in [2.24, 2.45) is 0 Å². The second-order valence-corrected chi connectivity index (χ2v) is 7.73. The van der Waals surface area contributed by atoms with Crippen LogP contribution in [0.15, 0.2) is 70.3 Å². The predicted molar refractivity (Wildman–Crippen MR) is 95.3 cm³/mol. The van der Waals surface area contributed by atoms with Crippen LogP contribution < -0.4 is 0 Å². The third-order valence-electron chi connectivity index (χ3n) is 4.00. The van der Waals surface area contributed by atoms with Crippen molar-refractivity contribution in [1.29, 1.82) is 0 Å². The molecule has 3 rings (SSSR count). The fourth-order valence-corrected chi connectivity index (χ4v) is 3.38. The summed E-state index contributed by atoms with van der Waals surface area (Å²) < 4.78 is 33.6. The van der Waals surface area contributed by atoms with Crippen LogP contribution in [0.5, 0.6) is 0 Å². The number of carbonyl (C=O) groups is 1. The Hall–Kier alpha value is -2.93. The maximum absolute atomic E-state index is 12.4. The highest BCUT2D eigenvalue weighted by atomic mass is 32.2. The minimum absolute atomic E-state index is 0.232. The normalized spacial score (nSPS) is 12.5. The van der Waals surface area contributed by atoms with Gasteiger partial charge in [0, 0.05) is 6.26 Å². The monoisotopic (exact) mass is 371 g/mol. The second kappa shape index (κ2) is 7.13. The number of rotatable bonds is 5. The Balaban J connectivity index is 2.12. The van der Waals surface area contributed by atoms with Gasteiger partial charge in [0.2, 0.25) is 5.89 Å². The van der Waals surface area contributed by atoms with E-state index in [1.807, 2.05) is 18.2 Å². The molecule has 0 saturated heterocycles. The highest BCUT2D eigenvalue weighted by Gasteiger charge is 2.30. The Morgan fingerprint density at radius 3 is 2.38 bits per heavy atom. The highest BCUT2D eigenvalue weighted by Crippen LogP contribution is 2.34. The molecule has 134 valence electrons. The van der Waals surface area contributed by atoms with Gasteiger partial charge in [-0.3, -0.25) is 4.79 Å². The quantitative estimate of drug-likeness (QED) is 0.641. The fourth-order valence-electron chi connectivity index (χ4n) is 2.75. The Bertz CT molecular complexity index is 1010. The molecule has 0 aliphatic rings. The van der Waals surface area contributed by atoms with Gasteiger partial charge in [-0.2, -0.15) is 0 Å². The number of ether oxygens (including phenoxy) is 1. The number of hydrogen-bond donors (Lipinski definition) is 0. The minimum atomic E-state index is -3.28. The molecular weight excluding hydrogens is 354 g/mol. The number of esters is 1. The first-order chi connectivity index (χ1) is 12.4. The van der Waals surface area contributed by atoms with E-state index in [0.29, 0.717) is 5.56 Å². The molecule has 0 aliphatic carbocycles. The van der Waals surface area contributed by atoms with Crippen molar-refractivity contribution < 1.29 is 22.4 Å². The van der Waals surface area contributed by atoms with Crippen molar-refractivity contribution in [3.05, 3.63) is 72.4 Å². The zero-order valence-electron chi connectivity index (χ0n) is 14.2. The van der Waals surface area contributed by atoms with Crippen molar-refractivity contribution in [1.82, 2.24) is 4.98 Å². The predicted octanol–water partition coefficient (Wildman–Crippen LogP) is 3.05. The van der Waals surface area contributed by atoms with Crippen LogP contribution in [0, 0.1) is 0 Å². The average Bonchev–Trinajstić information content (AvgIpc) is 3.16. The van der Waals surface area contributed by atoms with Crippen LogP contribution in [0.1, 0.15) is 17.4 Å². The molecule has 1 atom stereocenters. The average molecular weight is 371 g/mol. The third-order valence-corrected chi connectivity index (χ3v) is 5.13. The number of nitrogens with zero attached hydrogens (tertiary/aromatic N) is 1. The van der Waals surface area contributed by atoms with Gasteiger partial charge in [-0.15, -0.1) is 0 Å². The van der Waals surface area contributed by atoms with Crippen LogP contribution in [0.4, 0.5) is 0 Å². The van der Waals surface area contributed by atoms with Crippen molar-refractivity contribution >= 4 is 15.8 Å². The highest BCUT2D eigenvalue weighted by molar-refractivity contribution is 7.90. The van der Waals surface area contributed by atoms with Gasteiger partial charge in [-0.05, 0) is 28.8 Å². The molecule has 0 aliphatic heterocycles. The molecule has 6 nitrogen and oxygen atoms in total. The van der Waals surface area contributed by atoms with Crippen LogP contribution in [-0.4, -0.2) is 32.7 Å². The number of benzene rings is 2. The van der Waals surface area contributed by atoms with Crippen LogP contribution in [0.3, 0.4) is 0 Å². The smallest absolute Gasteiger partial charge is 0.322 e.